The number of pyridine rings is 1. The number of H-pyrrole nitrogens is 1. The van der Waals surface area contributed by atoms with Crippen LogP contribution < -0.4 is 10.9 Å². The molecular formula is C24H24FN3O3. The molecule has 0 fully saturated rings. The predicted octanol–water partition coefficient (Wildman–Crippen LogP) is 3.85. The molecule has 160 valence electrons. The van der Waals surface area contributed by atoms with Gasteiger partial charge in [-0.15, -0.1) is 6.42 Å². The van der Waals surface area contributed by atoms with Crippen molar-refractivity contribution in [1.82, 2.24) is 9.88 Å². The van der Waals surface area contributed by atoms with E-state index in [4.69, 9.17) is 6.42 Å². The summed E-state index contributed by atoms with van der Waals surface area (Å²) in [7, 11) is 0. The summed E-state index contributed by atoms with van der Waals surface area (Å²) in [6, 6.07) is 8.46. The summed E-state index contributed by atoms with van der Waals surface area (Å²) in [6.45, 7) is 5.32. The van der Waals surface area contributed by atoms with Crippen molar-refractivity contribution < 1.29 is 14.3 Å². The van der Waals surface area contributed by atoms with Crippen molar-refractivity contribution in [2.24, 2.45) is 0 Å². The third-order valence-electron chi connectivity index (χ3n) is 5.21. The molecule has 1 heterocycles. The van der Waals surface area contributed by atoms with Crippen molar-refractivity contribution in [2.45, 2.75) is 26.8 Å². The summed E-state index contributed by atoms with van der Waals surface area (Å²) in [4.78, 5) is 30.0. The molecular weight excluding hydrogens is 397 g/mol. The second-order valence-corrected chi connectivity index (χ2v) is 7.46. The molecule has 3 N–H and O–H groups in total. The molecule has 3 rings (SSSR count). The maximum absolute atomic E-state index is 13.6. The van der Waals surface area contributed by atoms with Gasteiger partial charge in [0.25, 0.3) is 5.56 Å². The van der Waals surface area contributed by atoms with Gasteiger partial charge in [-0.25, -0.2) is 9.18 Å². The highest BCUT2D eigenvalue weighted by Gasteiger charge is 2.24. The van der Waals surface area contributed by atoms with Crippen LogP contribution in [0.1, 0.15) is 35.2 Å². The van der Waals surface area contributed by atoms with Crippen LogP contribution in [0.25, 0.3) is 10.9 Å². The minimum atomic E-state index is -0.631. The van der Waals surface area contributed by atoms with Gasteiger partial charge in [-0.05, 0) is 62.1 Å². The van der Waals surface area contributed by atoms with Crippen LogP contribution >= 0.6 is 0 Å². The Labute approximate surface area is 179 Å². The molecule has 7 heteroatoms. The Balaban J connectivity index is 1.95. The van der Waals surface area contributed by atoms with Gasteiger partial charge in [-0.2, -0.15) is 0 Å². The lowest BCUT2D eigenvalue weighted by atomic mass is 10.0. The van der Waals surface area contributed by atoms with Crippen molar-refractivity contribution in [2.75, 3.05) is 18.5 Å². The molecule has 0 radical (unpaired) electrons. The number of aliphatic hydroxyl groups excluding tert-OH is 1. The largest absolute Gasteiger partial charge is 0.395 e. The predicted molar refractivity (Wildman–Crippen MR) is 120 cm³/mol. The van der Waals surface area contributed by atoms with E-state index < -0.39 is 17.9 Å². The van der Waals surface area contributed by atoms with Gasteiger partial charge < -0.3 is 20.3 Å². The second kappa shape index (κ2) is 9.02. The van der Waals surface area contributed by atoms with Gasteiger partial charge in [0, 0.05) is 17.8 Å². The zero-order valence-corrected chi connectivity index (χ0v) is 17.6. The minimum absolute atomic E-state index is 0.000509. The lowest BCUT2D eigenvalue weighted by Crippen LogP contribution is -2.40. The molecule has 0 aliphatic heterocycles. The normalized spacial score (nSPS) is 11.7. The van der Waals surface area contributed by atoms with Crippen molar-refractivity contribution in [1.29, 1.82) is 0 Å². The Morgan fingerprint density at radius 1 is 1.29 bits per heavy atom. The SMILES string of the molecule is C#Cc1cc(NC(=O)N(CCO)C(C)c2cc3cc(C)cc(C)c3[nH]c2=O)ccc1F. The zero-order chi connectivity index (χ0) is 22.7. The Morgan fingerprint density at radius 3 is 2.71 bits per heavy atom. The number of nitrogens with zero attached hydrogens (tertiary/aromatic N) is 1. The van der Waals surface area contributed by atoms with Crippen molar-refractivity contribution in [3.05, 3.63) is 74.8 Å². The highest BCUT2D eigenvalue weighted by molar-refractivity contribution is 5.90. The maximum Gasteiger partial charge on any atom is 0.322 e. The van der Waals surface area contributed by atoms with Crippen molar-refractivity contribution >= 4 is 22.6 Å². The number of aromatic amines is 1. The number of terminal acetylenes is 1. The summed E-state index contributed by atoms with van der Waals surface area (Å²) in [6.07, 6.45) is 5.28. The van der Waals surface area contributed by atoms with E-state index in [1.54, 1.807) is 13.0 Å². The Morgan fingerprint density at radius 2 is 2.03 bits per heavy atom. The standard InChI is InChI=1S/C24H24FN3O3/c1-5-17-12-19(6-7-21(17)25)26-24(31)28(8-9-29)16(4)20-13-18-11-14(2)10-15(3)22(18)27-23(20)30/h1,6-7,10-13,16,29H,8-9H2,2-4H3,(H,26,31)(H,27,30). The van der Waals surface area contributed by atoms with Crippen LogP contribution in [0, 0.1) is 32.0 Å². The van der Waals surface area contributed by atoms with Crippen LogP contribution in [0.5, 0.6) is 0 Å². The first kappa shape index (κ1) is 22.1. The van der Waals surface area contributed by atoms with Crippen LogP contribution in [-0.2, 0) is 0 Å². The van der Waals surface area contributed by atoms with Gasteiger partial charge in [-0.3, -0.25) is 4.79 Å². The van der Waals surface area contributed by atoms with E-state index in [1.165, 1.54) is 23.1 Å². The van der Waals surface area contributed by atoms with E-state index in [-0.39, 0.29) is 24.3 Å². The minimum Gasteiger partial charge on any atom is -0.395 e. The molecule has 1 unspecified atom stereocenters. The number of aromatic nitrogens is 1. The number of aryl methyl sites for hydroxylation is 2. The molecule has 0 aliphatic rings. The molecule has 1 atom stereocenters. The van der Waals surface area contributed by atoms with Crippen LogP contribution in [0.4, 0.5) is 14.9 Å². The smallest absolute Gasteiger partial charge is 0.322 e. The van der Waals surface area contributed by atoms with E-state index in [0.29, 0.717) is 11.3 Å². The molecule has 6 nitrogen and oxygen atoms in total. The number of aliphatic hydroxyl groups is 1. The number of nitrogens with one attached hydrogen (secondary N) is 2. The molecule has 2 aromatic carbocycles. The van der Waals surface area contributed by atoms with Gasteiger partial charge in [0.05, 0.1) is 23.7 Å². The van der Waals surface area contributed by atoms with E-state index in [0.717, 1.165) is 22.0 Å². The Bertz CT molecular complexity index is 1240. The fraction of sp³-hybridized carbons (Fsp3) is 0.250. The number of benzene rings is 2. The maximum atomic E-state index is 13.6. The monoisotopic (exact) mass is 421 g/mol. The number of hydrogen-bond acceptors (Lipinski definition) is 3. The fourth-order valence-electron chi connectivity index (χ4n) is 3.67. The van der Waals surface area contributed by atoms with E-state index in [1.807, 2.05) is 26.0 Å². The van der Waals surface area contributed by atoms with Gasteiger partial charge in [-0.1, -0.05) is 17.6 Å². The number of fused-ring (bicyclic) bond motifs is 1. The molecule has 3 aromatic rings. The number of hydrogen-bond donors (Lipinski definition) is 3. The number of carbonyl (C=O) groups is 1. The topological polar surface area (TPSA) is 85.4 Å². The summed E-state index contributed by atoms with van der Waals surface area (Å²) < 4.78 is 13.6. The van der Waals surface area contributed by atoms with E-state index in [9.17, 15) is 19.1 Å². The van der Waals surface area contributed by atoms with Gasteiger partial charge in [0.1, 0.15) is 5.82 Å². The first-order valence-electron chi connectivity index (χ1n) is 9.84. The molecule has 2 amide bonds. The molecule has 31 heavy (non-hydrogen) atoms. The number of amides is 2. The van der Waals surface area contributed by atoms with E-state index >= 15 is 0 Å². The van der Waals surface area contributed by atoms with Crippen LogP contribution in [0.2, 0.25) is 0 Å². The third kappa shape index (κ3) is 4.60. The first-order chi connectivity index (χ1) is 14.7. The zero-order valence-electron chi connectivity index (χ0n) is 17.6. The Kier molecular flexibility index (Phi) is 6.42. The average molecular weight is 421 g/mol. The lowest BCUT2D eigenvalue weighted by molar-refractivity contribution is 0.167. The summed E-state index contributed by atoms with van der Waals surface area (Å²) in [5.74, 6) is 1.66. The molecule has 0 spiro atoms. The molecule has 0 aliphatic carbocycles. The summed E-state index contributed by atoms with van der Waals surface area (Å²) in [5, 5.41) is 13.0. The van der Waals surface area contributed by atoms with Gasteiger partial charge in [0.15, 0.2) is 0 Å². The lowest BCUT2D eigenvalue weighted by Gasteiger charge is -2.29. The fourth-order valence-corrected chi connectivity index (χ4v) is 3.67. The van der Waals surface area contributed by atoms with Gasteiger partial charge >= 0.3 is 6.03 Å². The Hall–Kier alpha value is -3.63. The van der Waals surface area contributed by atoms with Crippen molar-refractivity contribution in [3.63, 3.8) is 0 Å². The van der Waals surface area contributed by atoms with Crippen LogP contribution in [-0.4, -0.2) is 34.2 Å². The van der Waals surface area contributed by atoms with Crippen molar-refractivity contribution in [3.8, 4) is 12.3 Å². The summed E-state index contributed by atoms with van der Waals surface area (Å²) >= 11 is 0. The molecule has 0 saturated heterocycles. The highest BCUT2D eigenvalue weighted by atomic mass is 19.1. The summed E-state index contributed by atoms with van der Waals surface area (Å²) in [5.41, 5.74) is 3.18. The number of anilines is 1. The first-order valence-corrected chi connectivity index (χ1v) is 9.84. The van der Waals surface area contributed by atoms with Gasteiger partial charge in [0.2, 0.25) is 0 Å². The number of halogens is 1. The number of urea groups is 1. The number of rotatable bonds is 5. The second-order valence-electron chi connectivity index (χ2n) is 7.46. The average Bonchev–Trinajstić information content (AvgIpc) is 2.73. The molecule has 1 aromatic heterocycles. The quantitative estimate of drug-likeness (QED) is 0.547. The molecule has 0 bridgehead atoms. The third-order valence-corrected chi connectivity index (χ3v) is 5.21. The van der Waals surface area contributed by atoms with Crippen LogP contribution in [0.15, 0.2) is 41.2 Å². The highest BCUT2D eigenvalue weighted by Crippen LogP contribution is 2.24. The van der Waals surface area contributed by atoms with E-state index in [2.05, 4.69) is 16.2 Å². The number of carbonyl (C=O) groups excluding carboxylic acids is 1. The van der Waals surface area contributed by atoms with Crippen LogP contribution in [0.3, 0.4) is 0 Å². The molecule has 0 saturated carbocycles.